The van der Waals surface area contributed by atoms with E-state index in [1.807, 2.05) is 24.3 Å². The summed E-state index contributed by atoms with van der Waals surface area (Å²) in [5.41, 5.74) is 13.5. The third-order valence-electron chi connectivity index (χ3n) is 11.3. The Bertz CT molecular complexity index is 2720. The summed E-state index contributed by atoms with van der Waals surface area (Å²) in [5.74, 6) is -0.896. The first-order chi connectivity index (χ1) is 25.1. The van der Waals surface area contributed by atoms with Crippen LogP contribution in [0.5, 0.6) is 0 Å². The van der Waals surface area contributed by atoms with Crippen LogP contribution in [0, 0.1) is 45.2 Å². The van der Waals surface area contributed by atoms with Gasteiger partial charge in [0, 0.05) is 61.2 Å². The molecule has 256 valence electrons. The highest BCUT2D eigenvalue weighted by Gasteiger charge is 2.41. The molecule has 2 nitrogen and oxygen atoms in total. The van der Waals surface area contributed by atoms with E-state index >= 15 is 8.78 Å². The number of rotatable bonds is 5. The van der Waals surface area contributed by atoms with E-state index in [1.165, 1.54) is 28.0 Å². The molecule has 1 aliphatic rings. The van der Waals surface area contributed by atoms with Gasteiger partial charge in [0.25, 0.3) is 0 Å². The van der Waals surface area contributed by atoms with Gasteiger partial charge in [-0.3, -0.25) is 0 Å². The van der Waals surface area contributed by atoms with E-state index in [9.17, 15) is 0 Å². The van der Waals surface area contributed by atoms with Crippen LogP contribution in [0.15, 0.2) is 127 Å². The second-order valence-electron chi connectivity index (χ2n) is 14.8. The molecule has 6 aromatic carbocycles. The zero-order valence-corrected chi connectivity index (χ0v) is 30.4. The fourth-order valence-electron chi connectivity index (χ4n) is 9.02. The van der Waals surface area contributed by atoms with Crippen LogP contribution in [0.4, 0.5) is 8.78 Å². The molecule has 4 heteroatoms. The van der Waals surface area contributed by atoms with E-state index in [0.29, 0.717) is 11.1 Å². The summed E-state index contributed by atoms with van der Waals surface area (Å²) in [6.07, 6.45) is 0. The summed E-state index contributed by atoms with van der Waals surface area (Å²) < 4.78 is 37.6. The zero-order chi connectivity index (χ0) is 36.0. The minimum atomic E-state index is -0.300. The summed E-state index contributed by atoms with van der Waals surface area (Å²) in [6, 6.07) is 40.3. The van der Waals surface area contributed by atoms with Crippen LogP contribution in [-0.2, 0) is 0 Å². The average molecular weight is 683 g/mol. The highest BCUT2D eigenvalue weighted by molar-refractivity contribution is 6.21. The van der Waals surface area contributed by atoms with Crippen molar-refractivity contribution in [3.05, 3.63) is 172 Å². The van der Waals surface area contributed by atoms with E-state index in [-0.39, 0.29) is 23.6 Å². The van der Waals surface area contributed by atoms with E-state index in [0.717, 1.165) is 66.4 Å². The lowest BCUT2D eigenvalue weighted by atomic mass is 9.84. The molecular formula is C48H40F2N2. The van der Waals surface area contributed by atoms with E-state index in [4.69, 9.17) is 0 Å². The van der Waals surface area contributed by atoms with Gasteiger partial charge < -0.3 is 9.13 Å². The van der Waals surface area contributed by atoms with Gasteiger partial charge in [0.05, 0.1) is 16.7 Å². The van der Waals surface area contributed by atoms with Crippen molar-refractivity contribution < 1.29 is 8.78 Å². The van der Waals surface area contributed by atoms with Gasteiger partial charge in [-0.2, -0.15) is 0 Å². The molecule has 0 aliphatic heterocycles. The van der Waals surface area contributed by atoms with Crippen LogP contribution in [0.25, 0.3) is 60.5 Å². The number of fused-ring (bicyclic) bond motifs is 6. The lowest BCUT2D eigenvalue weighted by Gasteiger charge is -2.28. The predicted octanol–water partition coefficient (Wildman–Crippen LogP) is 13.1. The Balaban J connectivity index is 1.46. The Kier molecular flexibility index (Phi) is 7.38. The Morgan fingerprint density at radius 3 is 1.37 bits per heavy atom. The third-order valence-corrected chi connectivity index (χ3v) is 11.3. The van der Waals surface area contributed by atoms with E-state index in [1.54, 1.807) is 18.2 Å². The monoisotopic (exact) mass is 682 g/mol. The molecule has 2 aromatic heterocycles. The highest BCUT2D eigenvalue weighted by Crippen LogP contribution is 2.56. The summed E-state index contributed by atoms with van der Waals surface area (Å²) in [7, 11) is 0. The molecule has 2 atom stereocenters. The van der Waals surface area contributed by atoms with Crippen molar-refractivity contribution in [2.24, 2.45) is 5.92 Å². The molecule has 0 unspecified atom stereocenters. The van der Waals surface area contributed by atoms with Gasteiger partial charge in [-0.25, -0.2) is 8.78 Å². The van der Waals surface area contributed by atoms with Gasteiger partial charge in [0.15, 0.2) is 0 Å². The van der Waals surface area contributed by atoms with Crippen LogP contribution in [0.2, 0.25) is 0 Å². The van der Waals surface area contributed by atoms with Crippen LogP contribution < -0.4 is 0 Å². The number of halogens is 2. The number of aryl methyl sites for hydroxylation is 4. The van der Waals surface area contributed by atoms with Crippen LogP contribution in [0.1, 0.15) is 53.3 Å². The molecule has 0 fully saturated rings. The lowest BCUT2D eigenvalue weighted by molar-refractivity contribution is 0.497. The molecule has 0 saturated carbocycles. The average Bonchev–Trinajstić information content (AvgIpc) is 3.72. The summed E-state index contributed by atoms with van der Waals surface area (Å²) in [4.78, 5) is 0. The molecule has 0 N–H and O–H groups in total. The minimum absolute atomic E-state index is 0.170. The fraction of sp³-hybridized carbons (Fsp3) is 0.167. The van der Waals surface area contributed by atoms with Crippen molar-refractivity contribution in [1.29, 1.82) is 0 Å². The Labute approximate surface area is 302 Å². The molecule has 0 amide bonds. The van der Waals surface area contributed by atoms with Crippen LogP contribution >= 0.6 is 0 Å². The Morgan fingerprint density at radius 2 is 0.904 bits per heavy atom. The molecule has 0 spiro atoms. The normalized spacial score (nSPS) is 15.7. The molecular weight excluding hydrogens is 643 g/mol. The summed E-state index contributed by atoms with van der Waals surface area (Å²) in [5, 5.41) is 4.64. The first-order valence-corrected chi connectivity index (χ1v) is 18.1. The molecule has 8 aromatic rings. The molecule has 1 aliphatic carbocycles. The zero-order valence-electron chi connectivity index (χ0n) is 30.4. The Morgan fingerprint density at radius 1 is 0.500 bits per heavy atom. The first-order valence-electron chi connectivity index (χ1n) is 18.1. The first kappa shape index (κ1) is 32.2. The van der Waals surface area contributed by atoms with Gasteiger partial charge >= 0.3 is 0 Å². The molecule has 2 heterocycles. The van der Waals surface area contributed by atoms with E-state index < -0.39 is 0 Å². The van der Waals surface area contributed by atoms with Gasteiger partial charge in [-0.1, -0.05) is 88.5 Å². The standard InChI is InChI=1S/C48H40F2N2/c1-27-15-19-41-35(23-27)36-24-28(2)16-20-42(36)51(41)32(6)45-31(5)46(33-11-7-9-13-39(33)49)48(47(45)34-12-8-10-14-40(34)50)52-43-21-17-29(3)25-37(43)38-26-30(4)18-22-44(38)52/h7-26,32,45H,1-6H3/t32-,45-/m1/s1. The summed E-state index contributed by atoms with van der Waals surface area (Å²) in [6.45, 7) is 12.9. The van der Waals surface area contributed by atoms with E-state index in [2.05, 4.69) is 123 Å². The SMILES string of the molecule is CC1=C(c2ccccc2F)C(n2c3ccc(C)cc3c3cc(C)ccc32)=C(c2ccccc2F)[C@H]1[C@@H](C)n1c2ccc(C)cc2c2cc(C)ccc21. The van der Waals surface area contributed by atoms with Crippen molar-refractivity contribution in [3.8, 4) is 0 Å². The van der Waals surface area contributed by atoms with Crippen molar-refractivity contribution in [3.63, 3.8) is 0 Å². The number of hydrogen-bond donors (Lipinski definition) is 0. The topological polar surface area (TPSA) is 9.86 Å². The number of aromatic nitrogens is 2. The van der Waals surface area contributed by atoms with Gasteiger partial charge in [-0.05, 0) is 108 Å². The van der Waals surface area contributed by atoms with Gasteiger partial charge in [0.2, 0.25) is 0 Å². The molecule has 0 bridgehead atoms. The van der Waals surface area contributed by atoms with Gasteiger partial charge in [-0.15, -0.1) is 0 Å². The molecule has 9 rings (SSSR count). The van der Waals surface area contributed by atoms with Crippen LogP contribution in [-0.4, -0.2) is 9.13 Å². The number of allylic oxidation sites excluding steroid dienone is 4. The maximum Gasteiger partial charge on any atom is 0.131 e. The quantitative estimate of drug-likeness (QED) is 0.171. The highest BCUT2D eigenvalue weighted by atomic mass is 19.1. The molecule has 0 saturated heterocycles. The van der Waals surface area contributed by atoms with Gasteiger partial charge in [0.1, 0.15) is 11.6 Å². The fourth-order valence-corrected chi connectivity index (χ4v) is 9.02. The number of benzene rings is 6. The van der Waals surface area contributed by atoms with Crippen molar-refractivity contribution >= 4 is 60.5 Å². The smallest absolute Gasteiger partial charge is 0.131 e. The van der Waals surface area contributed by atoms with Crippen molar-refractivity contribution in [2.75, 3.05) is 0 Å². The molecule has 52 heavy (non-hydrogen) atoms. The maximum absolute atomic E-state index is 16.6. The maximum atomic E-state index is 16.6. The second kappa shape index (κ2) is 11.9. The lowest BCUT2D eigenvalue weighted by Crippen LogP contribution is -2.19. The van der Waals surface area contributed by atoms with Crippen molar-refractivity contribution in [1.82, 2.24) is 9.13 Å². The largest absolute Gasteiger partial charge is 0.337 e. The number of nitrogens with zero attached hydrogens (tertiary/aromatic N) is 2. The summed E-state index contributed by atoms with van der Waals surface area (Å²) >= 11 is 0. The van der Waals surface area contributed by atoms with Crippen molar-refractivity contribution in [2.45, 2.75) is 47.6 Å². The third kappa shape index (κ3) is 4.74. The number of hydrogen-bond acceptors (Lipinski definition) is 0. The predicted molar refractivity (Wildman–Crippen MR) is 215 cm³/mol. The molecule has 0 radical (unpaired) electrons. The minimum Gasteiger partial charge on any atom is -0.337 e. The Hall–Kier alpha value is -5.74. The second-order valence-corrected chi connectivity index (χ2v) is 14.8. The van der Waals surface area contributed by atoms with Crippen LogP contribution in [0.3, 0.4) is 0 Å².